The molecule has 1 saturated carbocycles. The molecule has 1 aliphatic rings. The van der Waals surface area contributed by atoms with E-state index >= 15 is 0 Å². The summed E-state index contributed by atoms with van der Waals surface area (Å²) in [6.45, 7) is 2.14. The molecule has 1 unspecified atom stereocenters. The minimum Gasteiger partial charge on any atom is -0.481 e. The van der Waals surface area contributed by atoms with Gasteiger partial charge in [-0.05, 0) is 42.2 Å². The molecule has 1 aliphatic carbocycles. The summed E-state index contributed by atoms with van der Waals surface area (Å²) in [5.74, 6) is -0.689. The predicted octanol–water partition coefficient (Wildman–Crippen LogP) is 4.06. The summed E-state index contributed by atoms with van der Waals surface area (Å²) >= 11 is 0. The number of benzene rings is 1. The number of carboxylic acids is 1. The number of nitrogens with two attached hydrogens (primary N) is 1. The second kappa shape index (κ2) is 7.08. The van der Waals surface area contributed by atoms with Gasteiger partial charge in [0.2, 0.25) is 0 Å². The van der Waals surface area contributed by atoms with Gasteiger partial charge in [-0.25, -0.2) is 0 Å². The SMILES string of the molecule is CCc1ccc(C(N)CC2(CC(=O)O)CCCCC2)cc1. The summed E-state index contributed by atoms with van der Waals surface area (Å²) < 4.78 is 0. The molecule has 0 aliphatic heterocycles. The summed E-state index contributed by atoms with van der Waals surface area (Å²) in [6, 6.07) is 8.38. The van der Waals surface area contributed by atoms with Gasteiger partial charge in [-0.2, -0.15) is 0 Å². The van der Waals surface area contributed by atoms with E-state index in [-0.39, 0.29) is 17.9 Å². The van der Waals surface area contributed by atoms with Crippen LogP contribution in [0.15, 0.2) is 24.3 Å². The molecule has 1 atom stereocenters. The second-order valence-electron chi connectivity index (χ2n) is 6.54. The summed E-state index contributed by atoms with van der Waals surface area (Å²) in [5, 5.41) is 9.24. The van der Waals surface area contributed by atoms with Crippen LogP contribution in [0.25, 0.3) is 0 Å². The lowest BCUT2D eigenvalue weighted by Gasteiger charge is -2.38. The average molecular weight is 289 g/mol. The maximum atomic E-state index is 11.2. The van der Waals surface area contributed by atoms with Crippen LogP contribution in [0, 0.1) is 5.41 Å². The first-order valence-electron chi connectivity index (χ1n) is 8.11. The highest BCUT2D eigenvalue weighted by Crippen LogP contribution is 2.45. The van der Waals surface area contributed by atoms with Crippen molar-refractivity contribution < 1.29 is 9.90 Å². The van der Waals surface area contributed by atoms with Crippen molar-refractivity contribution >= 4 is 5.97 Å². The van der Waals surface area contributed by atoms with E-state index in [2.05, 4.69) is 31.2 Å². The van der Waals surface area contributed by atoms with E-state index < -0.39 is 5.97 Å². The number of carboxylic acid groups (broad SMARTS) is 1. The molecule has 2 rings (SSSR count). The van der Waals surface area contributed by atoms with E-state index in [4.69, 9.17) is 5.73 Å². The van der Waals surface area contributed by atoms with Crippen LogP contribution in [0.1, 0.15) is 69.0 Å². The number of aryl methyl sites for hydroxylation is 1. The molecule has 3 nitrogen and oxygen atoms in total. The molecule has 0 saturated heterocycles. The third-order valence-corrected chi connectivity index (χ3v) is 4.91. The first-order chi connectivity index (χ1) is 10.0. The van der Waals surface area contributed by atoms with Crippen molar-refractivity contribution in [2.45, 2.75) is 64.3 Å². The normalized spacial score (nSPS) is 19.1. The highest BCUT2D eigenvalue weighted by molar-refractivity contribution is 5.67. The van der Waals surface area contributed by atoms with E-state index in [9.17, 15) is 9.90 Å². The minimum atomic E-state index is -0.689. The summed E-state index contributed by atoms with van der Waals surface area (Å²) in [7, 11) is 0. The van der Waals surface area contributed by atoms with E-state index in [0.29, 0.717) is 0 Å². The molecule has 0 spiro atoms. The lowest BCUT2D eigenvalue weighted by atomic mass is 9.67. The predicted molar refractivity (Wildman–Crippen MR) is 85.1 cm³/mol. The lowest BCUT2D eigenvalue weighted by Crippen LogP contribution is -2.31. The van der Waals surface area contributed by atoms with Crippen molar-refractivity contribution in [3.8, 4) is 0 Å². The number of carbonyl (C=O) groups is 1. The van der Waals surface area contributed by atoms with Gasteiger partial charge < -0.3 is 10.8 Å². The molecule has 1 fully saturated rings. The van der Waals surface area contributed by atoms with Crippen LogP contribution in [0.3, 0.4) is 0 Å². The molecule has 1 aromatic carbocycles. The van der Waals surface area contributed by atoms with Gasteiger partial charge in [0.15, 0.2) is 0 Å². The molecular weight excluding hydrogens is 262 g/mol. The minimum absolute atomic E-state index is 0.0617. The summed E-state index contributed by atoms with van der Waals surface area (Å²) in [6.07, 6.45) is 7.56. The van der Waals surface area contributed by atoms with Gasteiger partial charge >= 0.3 is 5.97 Å². The Morgan fingerprint density at radius 3 is 2.38 bits per heavy atom. The van der Waals surface area contributed by atoms with Gasteiger partial charge in [-0.3, -0.25) is 4.79 Å². The first-order valence-corrected chi connectivity index (χ1v) is 8.11. The van der Waals surface area contributed by atoms with Gasteiger partial charge in [0, 0.05) is 6.04 Å². The Hall–Kier alpha value is -1.35. The van der Waals surface area contributed by atoms with Crippen LogP contribution in [0.2, 0.25) is 0 Å². The van der Waals surface area contributed by atoms with Crippen molar-refractivity contribution in [2.24, 2.45) is 11.1 Å². The van der Waals surface area contributed by atoms with Crippen molar-refractivity contribution in [1.82, 2.24) is 0 Å². The maximum absolute atomic E-state index is 11.2. The Labute approximate surface area is 127 Å². The highest BCUT2D eigenvalue weighted by Gasteiger charge is 2.36. The highest BCUT2D eigenvalue weighted by atomic mass is 16.4. The number of aliphatic carboxylic acids is 1. The third-order valence-electron chi connectivity index (χ3n) is 4.91. The van der Waals surface area contributed by atoms with E-state index in [1.165, 1.54) is 12.0 Å². The van der Waals surface area contributed by atoms with Gasteiger partial charge in [0.05, 0.1) is 6.42 Å². The standard InChI is InChI=1S/C18H27NO2/c1-2-14-6-8-15(9-7-14)16(19)12-18(13-17(20)21)10-4-3-5-11-18/h6-9,16H,2-5,10-13,19H2,1H3,(H,20,21). The Morgan fingerprint density at radius 1 is 1.24 bits per heavy atom. The number of rotatable bonds is 6. The van der Waals surface area contributed by atoms with Crippen molar-refractivity contribution in [3.63, 3.8) is 0 Å². The molecule has 0 amide bonds. The number of hydrogen-bond acceptors (Lipinski definition) is 2. The largest absolute Gasteiger partial charge is 0.481 e. The van der Waals surface area contributed by atoms with Crippen molar-refractivity contribution in [1.29, 1.82) is 0 Å². The fourth-order valence-electron chi connectivity index (χ4n) is 3.66. The molecule has 3 heteroatoms. The number of hydrogen-bond donors (Lipinski definition) is 2. The van der Waals surface area contributed by atoms with Crippen molar-refractivity contribution in [3.05, 3.63) is 35.4 Å². The fraction of sp³-hybridized carbons (Fsp3) is 0.611. The molecule has 0 radical (unpaired) electrons. The molecule has 1 aromatic rings. The Morgan fingerprint density at radius 2 is 1.86 bits per heavy atom. The molecule has 21 heavy (non-hydrogen) atoms. The summed E-state index contributed by atoms with van der Waals surface area (Å²) in [4.78, 5) is 11.2. The fourth-order valence-corrected chi connectivity index (χ4v) is 3.66. The molecular formula is C18H27NO2. The van der Waals surface area contributed by atoms with Gasteiger partial charge in [-0.1, -0.05) is 50.5 Å². The van der Waals surface area contributed by atoms with Crippen LogP contribution in [-0.4, -0.2) is 11.1 Å². The second-order valence-corrected chi connectivity index (χ2v) is 6.54. The van der Waals surface area contributed by atoms with E-state index in [1.807, 2.05) is 0 Å². The molecule has 3 N–H and O–H groups in total. The van der Waals surface area contributed by atoms with Crippen LogP contribution in [0.4, 0.5) is 0 Å². The monoisotopic (exact) mass is 289 g/mol. The quantitative estimate of drug-likeness (QED) is 0.830. The first kappa shape index (κ1) is 16.0. The van der Waals surface area contributed by atoms with Crippen LogP contribution >= 0.6 is 0 Å². The average Bonchev–Trinajstić information content (AvgIpc) is 2.47. The molecule has 0 heterocycles. The lowest BCUT2D eigenvalue weighted by molar-refractivity contribution is -0.140. The molecule has 0 aromatic heterocycles. The molecule has 0 bridgehead atoms. The Balaban J connectivity index is 2.09. The van der Waals surface area contributed by atoms with Crippen LogP contribution < -0.4 is 5.73 Å². The van der Waals surface area contributed by atoms with Gasteiger partial charge in [-0.15, -0.1) is 0 Å². The maximum Gasteiger partial charge on any atom is 0.303 e. The van der Waals surface area contributed by atoms with Crippen LogP contribution in [-0.2, 0) is 11.2 Å². The Bertz CT molecular complexity index is 461. The van der Waals surface area contributed by atoms with E-state index in [0.717, 1.165) is 44.1 Å². The zero-order valence-electron chi connectivity index (χ0n) is 13.0. The van der Waals surface area contributed by atoms with Gasteiger partial charge in [0.25, 0.3) is 0 Å². The van der Waals surface area contributed by atoms with Crippen molar-refractivity contribution in [2.75, 3.05) is 0 Å². The smallest absolute Gasteiger partial charge is 0.303 e. The third kappa shape index (κ3) is 4.31. The van der Waals surface area contributed by atoms with E-state index in [1.54, 1.807) is 0 Å². The Kier molecular flexibility index (Phi) is 5.40. The zero-order valence-corrected chi connectivity index (χ0v) is 13.0. The van der Waals surface area contributed by atoms with Crippen LogP contribution in [0.5, 0.6) is 0 Å². The molecule has 116 valence electrons. The van der Waals surface area contributed by atoms with Gasteiger partial charge in [0.1, 0.15) is 0 Å². The zero-order chi connectivity index (χ0) is 15.3. The topological polar surface area (TPSA) is 63.3 Å². The summed E-state index contributed by atoms with van der Waals surface area (Å²) in [5.41, 5.74) is 8.72.